The summed E-state index contributed by atoms with van der Waals surface area (Å²) in [7, 11) is 1.10. The van der Waals surface area contributed by atoms with Gasteiger partial charge in [0, 0.05) is 0 Å². The topological polar surface area (TPSA) is 87.0 Å². The van der Waals surface area contributed by atoms with Crippen LogP contribution in [0.5, 0.6) is 17.2 Å². The highest BCUT2D eigenvalue weighted by Gasteiger charge is 2.20. The lowest BCUT2D eigenvalue weighted by Gasteiger charge is -2.07. The second-order valence-electron chi connectivity index (χ2n) is 2.45. The number of ether oxygens (including phenoxy) is 1. The van der Waals surface area contributed by atoms with Gasteiger partial charge in [-0.05, 0) is 6.07 Å². The highest BCUT2D eigenvalue weighted by Crippen LogP contribution is 2.42. The van der Waals surface area contributed by atoms with Crippen molar-refractivity contribution in [3.05, 3.63) is 16.7 Å². The average Bonchev–Trinajstić information content (AvgIpc) is 2.19. The van der Waals surface area contributed by atoms with Gasteiger partial charge in [0.1, 0.15) is 16.3 Å². The Bertz CT molecular complexity index is 388. The van der Waals surface area contributed by atoms with Gasteiger partial charge < -0.3 is 20.1 Å². The molecule has 0 aliphatic heterocycles. The van der Waals surface area contributed by atoms with E-state index in [1.165, 1.54) is 0 Å². The van der Waals surface area contributed by atoms with Crippen molar-refractivity contribution in [2.45, 2.75) is 0 Å². The van der Waals surface area contributed by atoms with Gasteiger partial charge in [-0.3, -0.25) is 0 Å². The van der Waals surface area contributed by atoms with Gasteiger partial charge >= 0.3 is 5.97 Å². The van der Waals surface area contributed by atoms with E-state index in [-0.39, 0.29) is 5.56 Å². The fourth-order valence-electron chi connectivity index (χ4n) is 0.887. The van der Waals surface area contributed by atoms with Gasteiger partial charge in [-0.25, -0.2) is 4.79 Å². The van der Waals surface area contributed by atoms with E-state index in [4.69, 9.17) is 21.8 Å². The first kappa shape index (κ1) is 10.5. The van der Waals surface area contributed by atoms with Crippen LogP contribution in [0.25, 0.3) is 0 Å². The quantitative estimate of drug-likeness (QED) is 0.375. The molecule has 0 amide bonds. The summed E-state index contributed by atoms with van der Waals surface area (Å²) in [5.41, 5.74) is -0.355. The Labute approximate surface area is 84.1 Å². The number of esters is 1. The molecule has 0 bridgehead atoms. The molecule has 0 saturated heterocycles. The molecule has 0 aromatic heterocycles. The molecule has 0 fully saturated rings. The van der Waals surface area contributed by atoms with Crippen molar-refractivity contribution in [2.24, 2.45) is 0 Å². The summed E-state index contributed by atoms with van der Waals surface area (Å²) in [6, 6.07) is 0.906. The third-order valence-corrected chi connectivity index (χ3v) is 1.97. The molecule has 0 radical (unpaired) electrons. The molecule has 0 heterocycles. The van der Waals surface area contributed by atoms with Crippen molar-refractivity contribution < 1.29 is 24.9 Å². The number of hydrogen-bond donors (Lipinski definition) is 3. The van der Waals surface area contributed by atoms with Crippen molar-refractivity contribution >= 4 is 17.6 Å². The standard InChI is InChI=1S/C8H7ClO5/c1-14-8(13)3-2-4(10)5(9)7(12)6(3)11/h2,10-12H,1H3. The zero-order valence-electron chi connectivity index (χ0n) is 7.11. The molecule has 1 aromatic rings. The van der Waals surface area contributed by atoms with Crippen LogP contribution in [-0.2, 0) is 4.74 Å². The van der Waals surface area contributed by atoms with E-state index in [2.05, 4.69) is 4.74 Å². The molecule has 1 rings (SSSR count). The second-order valence-corrected chi connectivity index (χ2v) is 2.82. The number of methoxy groups -OCH3 is 1. The lowest BCUT2D eigenvalue weighted by atomic mass is 10.1. The molecule has 3 N–H and O–H groups in total. The van der Waals surface area contributed by atoms with Crippen LogP contribution in [0.15, 0.2) is 6.07 Å². The summed E-state index contributed by atoms with van der Waals surface area (Å²) < 4.78 is 4.30. The van der Waals surface area contributed by atoms with Crippen molar-refractivity contribution in [1.29, 1.82) is 0 Å². The Morgan fingerprint density at radius 2 is 1.93 bits per heavy atom. The Morgan fingerprint density at radius 3 is 2.43 bits per heavy atom. The molecule has 14 heavy (non-hydrogen) atoms. The number of carbonyl (C=O) groups excluding carboxylic acids is 1. The second kappa shape index (κ2) is 3.63. The number of rotatable bonds is 1. The van der Waals surface area contributed by atoms with E-state index in [1.807, 2.05) is 0 Å². The van der Waals surface area contributed by atoms with Gasteiger partial charge in [0.15, 0.2) is 11.5 Å². The molecular weight excluding hydrogens is 212 g/mol. The zero-order valence-corrected chi connectivity index (χ0v) is 7.87. The Hall–Kier alpha value is -1.62. The van der Waals surface area contributed by atoms with Crippen LogP contribution in [0, 0.1) is 0 Å². The monoisotopic (exact) mass is 218 g/mol. The lowest BCUT2D eigenvalue weighted by molar-refractivity contribution is 0.0596. The minimum Gasteiger partial charge on any atom is -0.506 e. The first-order valence-corrected chi connectivity index (χ1v) is 3.88. The normalized spacial score (nSPS) is 9.86. The van der Waals surface area contributed by atoms with Gasteiger partial charge in [0.25, 0.3) is 0 Å². The van der Waals surface area contributed by atoms with E-state index < -0.39 is 28.2 Å². The molecule has 0 atom stereocenters. The molecule has 6 heteroatoms. The molecule has 0 aliphatic rings. The van der Waals surface area contributed by atoms with E-state index in [1.54, 1.807) is 0 Å². The first-order valence-electron chi connectivity index (χ1n) is 3.50. The number of phenols is 3. The van der Waals surface area contributed by atoms with Crippen LogP contribution in [0.1, 0.15) is 10.4 Å². The third-order valence-electron chi connectivity index (χ3n) is 1.60. The largest absolute Gasteiger partial charge is 0.506 e. The van der Waals surface area contributed by atoms with Crippen molar-refractivity contribution in [3.63, 3.8) is 0 Å². The van der Waals surface area contributed by atoms with E-state index in [0.717, 1.165) is 13.2 Å². The van der Waals surface area contributed by atoms with Crippen molar-refractivity contribution in [2.75, 3.05) is 7.11 Å². The summed E-state index contributed by atoms with van der Waals surface area (Å²) >= 11 is 5.39. The van der Waals surface area contributed by atoms with Crippen LogP contribution >= 0.6 is 11.6 Å². The molecule has 0 unspecified atom stereocenters. The molecule has 76 valence electrons. The van der Waals surface area contributed by atoms with E-state index >= 15 is 0 Å². The van der Waals surface area contributed by atoms with Gasteiger partial charge in [-0.15, -0.1) is 0 Å². The molecule has 0 spiro atoms. The van der Waals surface area contributed by atoms with Crippen molar-refractivity contribution in [3.8, 4) is 17.2 Å². The maximum Gasteiger partial charge on any atom is 0.341 e. The number of hydrogen-bond acceptors (Lipinski definition) is 5. The van der Waals surface area contributed by atoms with Crippen LogP contribution in [-0.4, -0.2) is 28.4 Å². The minimum atomic E-state index is -0.884. The average molecular weight is 219 g/mol. The molecule has 0 aliphatic carbocycles. The van der Waals surface area contributed by atoms with Gasteiger partial charge in [-0.2, -0.15) is 0 Å². The summed E-state index contributed by atoms with van der Waals surface area (Å²) in [6.07, 6.45) is 0. The van der Waals surface area contributed by atoms with Crippen molar-refractivity contribution in [1.82, 2.24) is 0 Å². The maximum absolute atomic E-state index is 11.0. The predicted molar refractivity (Wildman–Crippen MR) is 47.8 cm³/mol. The van der Waals surface area contributed by atoms with E-state index in [9.17, 15) is 9.90 Å². The number of halogens is 1. The fraction of sp³-hybridized carbons (Fsp3) is 0.125. The molecule has 0 saturated carbocycles. The first-order chi connectivity index (χ1) is 6.49. The van der Waals surface area contributed by atoms with Crippen LogP contribution in [0.2, 0.25) is 5.02 Å². The Kier molecular flexibility index (Phi) is 2.71. The molecule has 1 aromatic carbocycles. The molecule has 5 nitrogen and oxygen atoms in total. The SMILES string of the molecule is COC(=O)c1cc(O)c(Cl)c(O)c1O. The third kappa shape index (κ3) is 1.54. The summed E-state index contributed by atoms with van der Waals surface area (Å²) in [6.45, 7) is 0. The summed E-state index contributed by atoms with van der Waals surface area (Å²) in [5, 5.41) is 27.1. The predicted octanol–water partition coefficient (Wildman–Crippen LogP) is 1.24. The lowest BCUT2D eigenvalue weighted by Crippen LogP contribution is -2.01. The fourth-order valence-corrected chi connectivity index (χ4v) is 1.03. The van der Waals surface area contributed by atoms with Gasteiger partial charge in [0.2, 0.25) is 0 Å². The highest BCUT2D eigenvalue weighted by atomic mass is 35.5. The summed E-state index contributed by atoms with van der Waals surface area (Å²) in [4.78, 5) is 11.0. The smallest absolute Gasteiger partial charge is 0.341 e. The number of aromatic hydroxyl groups is 3. The number of phenolic OH excluding ortho intramolecular Hbond substituents is 3. The number of carbonyl (C=O) groups is 1. The Balaban J connectivity index is 3.40. The van der Waals surface area contributed by atoms with Crippen LogP contribution in [0.3, 0.4) is 0 Å². The van der Waals surface area contributed by atoms with Crippen LogP contribution < -0.4 is 0 Å². The Morgan fingerprint density at radius 1 is 1.36 bits per heavy atom. The van der Waals surface area contributed by atoms with E-state index in [0.29, 0.717) is 0 Å². The zero-order chi connectivity index (χ0) is 10.9. The van der Waals surface area contributed by atoms with Gasteiger partial charge in [-0.1, -0.05) is 11.6 Å². The molecular formula is C8H7ClO5. The number of benzene rings is 1. The highest BCUT2D eigenvalue weighted by molar-refractivity contribution is 6.34. The minimum absolute atomic E-state index is 0.355. The van der Waals surface area contributed by atoms with Crippen LogP contribution in [0.4, 0.5) is 0 Å². The maximum atomic E-state index is 11.0. The van der Waals surface area contributed by atoms with Gasteiger partial charge in [0.05, 0.1) is 7.11 Å². The summed E-state index contributed by atoms with van der Waals surface area (Å²) in [5.74, 6) is -2.88.